The van der Waals surface area contributed by atoms with Crippen molar-refractivity contribution >= 4 is 17.7 Å². The largest absolute Gasteiger partial charge is 0.481 e. The molecule has 6 aliphatic rings. The number of Topliss-reactive ketones (excluding diaryl/α,β-unsaturated/α-hetero) is 1. The molecule has 5 saturated carbocycles. The molecule has 0 bridgehead atoms. The fraction of sp³-hybridized carbons (Fsp3) is 0.886. The number of allylic oxidation sites excluding steroid dienone is 1. The second kappa shape index (κ2) is 14.1. The van der Waals surface area contributed by atoms with Gasteiger partial charge >= 0.3 is 11.9 Å². The van der Waals surface area contributed by atoms with E-state index in [1.54, 1.807) is 6.92 Å². The van der Waals surface area contributed by atoms with Gasteiger partial charge in [-0.2, -0.15) is 0 Å². The Morgan fingerprint density at radius 3 is 2.17 bits per heavy atom. The van der Waals surface area contributed by atoms with Crippen LogP contribution in [-0.2, 0) is 19.1 Å². The standard InChI is InChI=1S/C44H72N2O6/c1-27(2)37-31(47)24-44(34(48)26-46(22-21-45(9)10)25-29-11-12-29)20-19-42(7)30(38(37)44)13-14-33-41(6)17-16-35(52-36(49)23-28(3)39(50)51)40(4,5)32(41)15-18-43(33,42)8/h27-30,32-35,48H,11-26H2,1-10H3,(H,50,51)/t28?,30-,32+,33-,34+,35+,41+,42-,43-,44+/m1/s1. The highest BCUT2D eigenvalue weighted by Crippen LogP contribution is 2.77. The number of nitrogens with zero attached hydrogens (tertiary/aromatic N) is 2. The predicted octanol–water partition coefficient (Wildman–Crippen LogP) is 7.62. The molecule has 0 aromatic rings. The lowest BCUT2D eigenvalue weighted by molar-refractivity contribution is -0.235. The van der Waals surface area contributed by atoms with Crippen LogP contribution in [0.15, 0.2) is 11.1 Å². The molecule has 0 saturated heterocycles. The van der Waals surface area contributed by atoms with E-state index < -0.39 is 29.4 Å². The van der Waals surface area contributed by atoms with E-state index in [9.17, 15) is 24.6 Å². The zero-order valence-electron chi connectivity index (χ0n) is 34.4. The zero-order valence-corrected chi connectivity index (χ0v) is 34.4. The third kappa shape index (κ3) is 6.54. The van der Waals surface area contributed by atoms with Crippen LogP contribution in [0.1, 0.15) is 132 Å². The van der Waals surface area contributed by atoms with Crippen LogP contribution in [0.5, 0.6) is 0 Å². The molecule has 8 nitrogen and oxygen atoms in total. The highest BCUT2D eigenvalue weighted by Gasteiger charge is 2.70. The summed E-state index contributed by atoms with van der Waals surface area (Å²) in [7, 11) is 4.24. The second-order valence-corrected chi connectivity index (χ2v) is 20.7. The first-order chi connectivity index (χ1) is 24.2. The van der Waals surface area contributed by atoms with Gasteiger partial charge < -0.3 is 19.8 Å². The van der Waals surface area contributed by atoms with E-state index in [2.05, 4.69) is 72.4 Å². The normalized spacial score (nSPS) is 39.5. The van der Waals surface area contributed by atoms with Crippen LogP contribution in [0.3, 0.4) is 0 Å². The molecule has 0 aromatic carbocycles. The van der Waals surface area contributed by atoms with E-state index >= 15 is 0 Å². The van der Waals surface area contributed by atoms with Gasteiger partial charge in [-0.15, -0.1) is 0 Å². The fourth-order valence-corrected chi connectivity index (χ4v) is 13.5. The number of hydrogen-bond donors (Lipinski definition) is 2. The number of esters is 1. The van der Waals surface area contributed by atoms with Crippen molar-refractivity contribution in [1.82, 2.24) is 9.80 Å². The number of carboxylic acids is 1. The molecule has 5 fully saturated rings. The lowest BCUT2D eigenvalue weighted by Gasteiger charge is -2.72. The molecule has 0 aliphatic heterocycles. The molecule has 8 heteroatoms. The van der Waals surface area contributed by atoms with Gasteiger partial charge in [0.25, 0.3) is 0 Å². The monoisotopic (exact) mass is 725 g/mol. The van der Waals surface area contributed by atoms with E-state index in [4.69, 9.17) is 4.74 Å². The minimum atomic E-state index is -0.966. The minimum absolute atomic E-state index is 0.0201. The first kappa shape index (κ1) is 39.9. The van der Waals surface area contributed by atoms with Gasteiger partial charge in [-0.05, 0) is 130 Å². The van der Waals surface area contributed by atoms with Crippen molar-refractivity contribution in [2.75, 3.05) is 40.3 Å². The summed E-state index contributed by atoms with van der Waals surface area (Å²) < 4.78 is 6.12. The van der Waals surface area contributed by atoms with Crippen LogP contribution in [0.25, 0.3) is 0 Å². The van der Waals surface area contributed by atoms with E-state index in [0.717, 1.165) is 82.5 Å². The van der Waals surface area contributed by atoms with Gasteiger partial charge in [0.2, 0.25) is 0 Å². The number of ketones is 1. The third-order valence-corrected chi connectivity index (χ3v) is 16.7. The number of carbonyl (C=O) groups excluding carboxylic acids is 2. The summed E-state index contributed by atoms with van der Waals surface area (Å²) in [6.07, 6.45) is 10.3. The van der Waals surface area contributed by atoms with Crippen molar-refractivity contribution in [2.45, 2.75) is 145 Å². The van der Waals surface area contributed by atoms with Crippen molar-refractivity contribution in [3.8, 4) is 0 Å². The van der Waals surface area contributed by atoms with Gasteiger partial charge in [0.05, 0.1) is 18.4 Å². The summed E-state index contributed by atoms with van der Waals surface area (Å²) in [5.74, 6) is 0.256. The Labute approximate surface area is 314 Å². The maximum atomic E-state index is 14.2. The molecule has 0 heterocycles. The number of rotatable bonds is 13. The summed E-state index contributed by atoms with van der Waals surface area (Å²) in [5, 5.41) is 21.9. The SMILES string of the molecule is CC(C)C1=C2[C@H]3CC[C@@H]4[C@@]5(C)CC[C@H](OC(=O)CC(C)C(=O)O)C(C)(C)[C@@H]5CC[C@@]4(C)[C@]3(C)CC[C@@]2([C@@H](O)CN(CCN(C)C)CC2CC2)CC1=O. The highest BCUT2D eigenvalue weighted by atomic mass is 16.5. The number of hydrogen-bond acceptors (Lipinski definition) is 7. The third-order valence-electron chi connectivity index (χ3n) is 16.7. The quantitative estimate of drug-likeness (QED) is 0.187. The number of ether oxygens (including phenoxy) is 1. The summed E-state index contributed by atoms with van der Waals surface area (Å²) in [4.78, 5) is 43.3. The molecule has 52 heavy (non-hydrogen) atoms. The average Bonchev–Trinajstić information content (AvgIpc) is 3.80. The van der Waals surface area contributed by atoms with Crippen LogP contribution in [-0.4, -0.2) is 90.2 Å². The van der Waals surface area contributed by atoms with Gasteiger partial charge in [-0.1, -0.05) is 61.0 Å². The zero-order chi connectivity index (χ0) is 38.2. The molecule has 0 spiro atoms. The van der Waals surface area contributed by atoms with Gasteiger partial charge in [-0.3, -0.25) is 19.3 Å². The van der Waals surface area contributed by atoms with Gasteiger partial charge in [0.1, 0.15) is 6.10 Å². The van der Waals surface area contributed by atoms with Crippen LogP contribution in [0, 0.1) is 62.6 Å². The molecule has 1 unspecified atom stereocenters. The summed E-state index contributed by atoms with van der Waals surface area (Å²) in [6.45, 7) is 21.8. The number of aliphatic hydroxyl groups excluding tert-OH is 1. The average molecular weight is 725 g/mol. The van der Waals surface area contributed by atoms with Crippen molar-refractivity contribution in [3.05, 3.63) is 11.1 Å². The summed E-state index contributed by atoms with van der Waals surface area (Å²) in [5.41, 5.74) is 1.90. The maximum absolute atomic E-state index is 14.2. The minimum Gasteiger partial charge on any atom is -0.481 e. The molecule has 6 rings (SSSR count). The van der Waals surface area contributed by atoms with Crippen molar-refractivity contribution in [1.29, 1.82) is 0 Å². The summed E-state index contributed by atoms with van der Waals surface area (Å²) in [6, 6.07) is 0. The Kier molecular flexibility index (Phi) is 10.8. The molecule has 0 amide bonds. The molecular formula is C44H72N2O6. The number of carboxylic acid groups (broad SMARTS) is 1. The predicted molar refractivity (Wildman–Crippen MR) is 204 cm³/mol. The fourth-order valence-electron chi connectivity index (χ4n) is 13.5. The first-order valence-corrected chi connectivity index (χ1v) is 21.0. The number of aliphatic carboxylic acids is 1. The van der Waals surface area contributed by atoms with Gasteiger partial charge in [-0.25, -0.2) is 0 Å². The van der Waals surface area contributed by atoms with Crippen molar-refractivity contribution in [3.63, 3.8) is 0 Å². The molecule has 0 radical (unpaired) electrons. The molecular weight excluding hydrogens is 652 g/mol. The number of fused-ring (bicyclic) bond motifs is 7. The maximum Gasteiger partial charge on any atom is 0.306 e. The van der Waals surface area contributed by atoms with Crippen LogP contribution >= 0.6 is 0 Å². The van der Waals surface area contributed by atoms with Gasteiger partial charge in [0.15, 0.2) is 5.78 Å². The number of carbonyl (C=O) groups is 3. The number of aliphatic hydroxyl groups is 1. The molecule has 2 N–H and O–H groups in total. The molecule has 10 atom stereocenters. The first-order valence-electron chi connectivity index (χ1n) is 21.0. The van der Waals surface area contributed by atoms with Crippen LogP contribution in [0.4, 0.5) is 0 Å². The van der Waals surface area contributed by atoms with Crippen LogP contribution in [0.2, 0.25) is 0 Å². The second-order valence-electron chi connectivity index (χ2n) is 20.7. The topological polar surface area (TPSA) is 107 Å². The highest BCUT2D eigenvalue weighted by molar-refractivity contribution is 6.00. The van der Waals surface area contributed by atoms with Crippen LogP contribution < -0.4 is 0 Å². The molecule has 0 aromatic heterocycles. The lowest BCUT2D eigenvalue weighted by Crippen LogP contribution is -2.66. The van der Waals surface area contributed by atoms with E-state index in [0.29, 0.717) is 30.7 Å². The van der Waals surface area contributed by atoms with Gasteiger partial charge in [0, 0.05) is 43.4 Å². The summed E-state index contributed by atoms with van der Waals surface area (Å²) >= 11 is 0. The Bertz CT molecular complexity index is 1430. The van der Waals surface area contributed by atoms with Crippen molar-refractivity contribution in [2.24, 2.45) is 62.6 Å². The van der Waals surface area contributed by atoms with Crippen molar-refractivity contribution < 1.29 is 29.3 Å². The Morgan fingerprint density at radius 1 is 0.865 bits per heavy atom. The van der Waals surface area contributed by atoms with E-state index in [1.165, 1.54) is 18.4 Å². The van der Waals surface area contributed by atoms with E-state index in [-0.39, 0.29) is 45.9 Å². The molecule has 294 valence electrons. The smallest absolute Gasteiger partial charge is 0.306 e. The lowest BCUT2D eigenvalue weighted by atomic mass is 9.33. The molecule has 6 aliphatic carbocycles. The Hall–Kier alpha value is -1.77. The Morgan fingerprint density at radius 2 is 1.56 bits per heavy atom. The Balaban J connectivity index is 1.28. The van der Waals surface area contributed by atoms with E-state index in [1.807, 2.05) is 0 Å². The number of likely N-dealkylation sites (N-methyl/N-ethyl adjacent to an activating group) is 1.